The summed E-state index contributed by atoms with van der Waals surface area (Å²) in [6, 6.07) is 17.3. The summed E-state index contributed by atoms with van der Waals surface area (Å²) < 4.78 is 0. The molecule has 2 aromatic rings. The van der Waals surface area contributed by atoms with Crippen LogP contribution in [0.25, 0.3) is 0 Å². The molecule has 0 saturated heterocycles. The first kappa shape index (κ1) is 11.9. The molecular weight excluding hydrogens is 228 g/mol. The topological polar surface area (TPSA) is 17.1 Å². The van der Waals surface area contributed by atoms with Crippen LogP contribution >= 0.6 is 0 Å². The maximum absolute atomic E-state index is 12.4. The van der Waals surface area contributed by atoms with Crippen molar-refractivity contribution >= 4 is 16.7 Å². The smallest absolute Gasteiger partial charge is 0.198 e. The van der Waals surface area contributed by atoms with E-state index in [9.17, 15) is 4.79 Å². The van der Waals surface area contributed by atoms with E-state index in [0.29, 0.717) is 0 Å². The lowest BCUT2D eigenvalue weighted by atomic mass is 10.0. The molecule has 0 bridgehead atoms. The maximum Gasteiger partial charge on any atom is 0.198 e. The predicted octanol–water partition coefficient (Wildman–Crippen LogP) is 3.15. The zero-order valence-corrected chi connectivity index (χ0v) is 10.8. The lowest BCUT2D eigenvalue weighted by Gasteiger charge is -2.05. The fraction of sp³-hybridized carbons (Fsp3) is 0.133. The minimum atomic E-state index is 0.0943. The van der Waals surface area contributed by atoms with Crippen molar-refractivity contribution < 1.29 is 4.79 Å². The lowest BCUT2D eigenvalue weighted by Crippen LogP contribution is -2.08. The Morgan fingerprint density at radius 1 is 0.882 bits per heavy atom. The minimum absolute atomic E-state index is 0.0943. The van der Waals surface area contributed by atoms with E-state index in [4.69, 9.17) is 0 Å². The largest absolute Gasteiger partial charge is 0.288 e. The van der Waals surface area contributed by atoms with Gasteiger partial charge in [0.15, 0.2) is 10.7 Å². The van der Waals surface area contributed by atoms with Crippen LogP contribution in [0.2, 0.25) is 0 Å². The Bertz CT molecular complexity index is 517. The third-order valence-electron chi connectivity index (χ3n) is 2.61. The van der Waals surface area contributed by atoms with Gasteiger partial charge in [-0.3, -0.25) is 4.79 Å². The molecular formula is C15H15OS+. The van der Waals surface area contributed by atoms with Gasteiger partial charge < -0.3 is 0 Å². The molecule has 0 unspecified atom stereocenters. The van der Waals surface area contributed by atoms with Crippen molar-refractivity contribution in [2.75, 3.05) is 12.5 Å². The average Bonchev–Trinajstić information content (AvgIpc) is 2.39. The number of hydrogen-bond acceptors (Lipinski definition) is 1. The highest BCUT2D eigenvalue weighted by molar-refractivity contribution is 7.95. The SMILES string of the molecule is C[S+](C)c1ccccc1C(=O)c1ccccc1. The molecule has 1 nitrogen and oxygen atoms in total. The van der Waals surface area contributed by atoms with Crippen LogP contribution in [0.3, 0.4) is 0 Å². The Kier molecular flexibility index (Phi) is 3.64. The molecule has 0 N–H and O–H groups in total. The molecule has 2 aromatic carbocycles. The summed E-state index contributed by atoms with van der Waals surface area (Å²) in [5.74, 6) is 0.113. The molecule has 0 aliphatic carbocycles. The molecule has 2 rings (SSSR count). The Morgan fingerprint density at radius 3 is 2.12 bits per heavy atom. The van der Waals surface area contributed by atoms with Gasteiger partial charge in [-0.2, -0.15) is 0 Å². The number of benzene rings is 2. The molecule has 0 heterocycles. The molecule has 86 valence electrons. The average molecular weight is 243 g/mol. The molecule has 0 aliphatic rings. The summed E-state index contributed by atoms with van der Waals surface area (Å²) in [4.78, 5) is 13.5. The quantitative estimate of drug-likeness (QED) is 0.598. The summed E-state index contributed by atoms with van der Waals surface area (Å²) in [6.07, 6.45) is 4.27. The second-order valence-corrected chi connectivity index (χ2v) is 6.08. The molecule has 17 heavy (non-hydrogen) atoms. The van der Waals surface area contributed by atoms with Crippen molar-refractivity contribution in [1.82, 2.24) is 0 Å². The molecule has 0 spiro atoms. The zero-order valence-electron chi connectivity index (χ0n) is 10.0. The van der Waals surface area contributed by atoms with E-state index in [1.807, 2.05) is 54.6 Å². The number of hydrogen-bond donors (Lipinski definition) is 0. The first-order valence-electron chi connectivity index (χ1n) is 5.46. The number of carbonyl (C=O) groups excluding carboxylic acids is 1. The summed E-state index contributed by atoms with van der Waals surface area (Å²) in [5.41, 5.74) is 1.58. The van der Waals surface area contributed by atoms with Crippen LogP contribution in [-0.4, -0.2) is 18.3 Å². The zero-order chi connectivity index (χ0) is 12.3. The Hall–Kier alpha value is -1.54. The van der Waals surface area contributed by atoms with Crippen LogP contribution in [0, 0.1) is 0 Å². The molecule has 0 atom stereocenters. The van der Waals surface area contributed by atoms with Crippen molar-refractivity contribution in [1.29, 1.82) is 0 Å². The van der Waals surface area contributed by atoms with Crippen molar-refractivity contribution in [3.8, 4) is 0 Å². The van der Waals surface area contributed by atoms with Gasteiger partial charge in [0.05, 0.1) is 5.56 Å². The van der Waals surface area contributed by atoms with Gasteiger partial charge in [0.2, 0.25) is 0 Å². The highest BCUT2D eigenvalue weighted by atomic mass is 32.2. The van der Waals surface area contributed by atoms with E-state index in [1.54, 1.807) is 0 Å². The second-order valence-electron chi connectivity index (χ2n) is 4.01. The first-order chi connectivity index (χ1) is 8.20. The van der Waals surface area contributed by atoms with Gasteiger partial charge in [-0.25, -0.2) is 0 Å². The Morgan fingerprint density at radius 2 is 1.47 bits per heavy atom. The fourth-order valence-electron chi connectivity index (χ4n) is 1.76. The van der Waals surface area contributed by atoms with E-state index in [-0.39, 0.29) is 16.7 Å². The molecule has 2 heteroatoms. The highest BCUT2D eigenvalue weighted by Crippen LogP contribution is 2.19. The van der Waals surface area contributed by atoms with Crippen LogP contribution < -0.4 is 0 Å². The van der Waals surface area contributed by atoms with Gasteiger partial charge in [-0.05, 0) is 12.1 Å². The van der Waals surface area contributed by atoms with Crippen LogP contribution in [0.4, 0.5) is 0 Å². The highest BCUT2D eigenvalue weighted by Gasteiger charge is 2.20. The third kappa shape index (κ3) is 2.59. The predicted molar refractivity (Wildman–Crippen MR) is 73.8 cm³/mol. The van der Waals surface area contributed by atoms with Gasteiger partial charge >= 0.3 is 0 Å². The standard InChI is InChI=1S/C15H15OS/c1-17(2)14-11-7-6-10-13(14)15(16)12-8-4-3-5-9-12/h3-11H,1-2H3/q+1. The summed E-state index contributed by atoms with van der Waals surface area (Å²) in [6.45, 7) is 0. The molecule has 0 aliphatic heterocycles. The molecule has 0 aromatic heterocycles. The van der Waals surface area contributed by atoms with Crippen molar-refractivity contribution in [2.24, 2.45) is 0 Å². The number of rotatable bonds is 3. The van der Waals surface area contributed by atoms with Gasteiger partial charge in [-0.15, -0.1) is 0 Å². The monoisotopic (exact) mass is 243 g/mol. The summed E-state index contributed by atoms with van der Waals surface area (Å²) in [5, 5.41) is 0. The van der Waals surface area contributed by atoms with E-state index in [2.05, 4.69) is 12.5 Å². The van der Waals surface area contributed by atoms with Gasteiger partial charge in [0.25, 0.3) is 0 Å². The number of carbonyl (C=O) groups is 1. The molecule has 0 saturated carbocycles. The number of ketones is 1. The summed E-state index contributed by atoms with van der Waals surface area (Å²) >= 11 is 0. The van der Waals surface area contributed by atoms with Gasteiger partial charge in [0, 0.05) is 16.5 Å². The van der Waals surface area contributed by atoms with Crippen LogP contribution in [0.1, 0.15) is 15.9 Å². The first-order valence-corrected chi connectivity index (χ1v) is 7.50. The van der Waals surface area contributed by atoms with Gasteiger partial charge in [0.1, 0.15) is 12.5 Å². The minimum Gasteiger partial charge on any atom is -0.288 e. The van der Waals surface area contributed by atoms with Crippen molar-refractivity contribution in [2.45, 2.75) is 4.90 Å². The second kappa shape index (κ2) is 5.19. The maximum atomic E-state index is 12.4. The van der Waals surface area contributed by atoms with E-state index in [1.165, 1.54) is 0 Å². The van der Waals surface area contributed by atoms with E-state index >= 15 is 0 Å². The third-order valence-corrected chi connectivity index (χ3v) is 3.84. The Balaban J connectivity index is 2.45. The van der Waals surface area contributed by atoms with Gasteiger partial charge in [-0.1, -0.05) is 42.5 Å². The lowest BCUT2D eigenvalue weighted by molar-refractivity contribution is 0.103. The molecule has 0 fully saturated rings. The fourth-order valence-corrected chi connectivity index (χ4v) is 2.71. The van der Waals surface area contributed by atoms with Crippen molar-refractivity contribution in [3.63, 3.8) is 0 Å². The van der Waals surface area contributed by atoms with E-state index < -0.39 is 0 Å². The van der Waals surface area contributed by atoms with Crippen molar-refractivity contribution in [3.05, 3.63) is 65.7 Å². The Labute approximate surface area is 105 Å². The molecule has 0 radical (unpaired) electrons. The molecule has 0 amide bonds. The van der Waals surface area contributed by atoms with Crippen LogP contribution in [0.5, 0.6) is 0 Å². The van der Waals surface area contributed by atoms with Crippen LogP contribution in [0.15, 0.2) is 59.5 Å². The summed E-state index contributed by atoms with van der Waals surface area (Å²) in [7, 11) is 0.0943. The van der Waals surface area contributed by atoms with Crippen LogP contribution in [-0.2, 0) is 10.9 Å². The normalized spacial score (nSPS) is 10.5. The van der Waals surface area contributed by atoms with E-state index in [0.717, 1.165) is 16.0 Å².